The van der Waals surface area contributed by atoms with Crippen LogP contribution in [0, 0.1) is 0 Å². The molecule has 6 nitrogen and oxygen atoms in total. The number of rotatable bonds is 4. The van der Waals surface area contributed by atoms with E-state index in [1.54, 1.807) is 22.8 Å². The van der Waals surface area contributed by atoms with Gasteiger partial charge in [-0.05, 0) is 37.1 Å². The summed E-state index contributed by atoms with van der Waals surface area (Å²) in [6, 6.07) is 19.4. The number of benzene rings is 2. The van der Waals surface area contributed by atoms with Crippen LogP contribution in [0.4, 0.5) is 0 Å². The van der Waals surface area contributed by atoms with Crippen LogP contribution < -0.4 is 5.56 Å². The average molecular weight is 482 g/mol. The molecule has 0 bridgehead atoms. The Hall–Kier alpha value is -3.77. The van der Waals surface area contributed by atoms with Crippen LogP contribution in [0.1, 0.15) is 38.1 Å². The molecule has 1 fully saturated rings. The van der Waals surface area contributed by atoms with Crippen LogP contribution in [0.5, 0.6) is 0 Å². The van der Waals surface area contributed by atoms with E-state index < -0.39 is 0 Å². The van der Waals surface area contributed by atoms with Crippen molar-refractivity contribution < 1.29 is 0 Å². The Balaban J connectivity index is 1.46. The first kappa shape index (κ1) is 21.7. The minimum Gasteiger partial charge on any atom is -0.328 e. The molecule has 1 saturated carbocycles. The molecular weight excluding hydrogens is 458 g/mol. The molecule has 0 amide bonds. The van der Waals surface area contributed by atoms with Gasteiger partial charge in [0.05, 0.1) is 15.9 Å². The topological polar surface area (TPSA) is 65.6 Å². The highest BCUT2D eigenvalue weighted by Crippen LogP contribution is 2.32. The normalized spacial score (nSPS) is 14.4. The molecule has 35 heavy (non-hydrogen) atoms. The summed E-state index contributed by atoms with van der Waals surface area (Å²) in [5.41, 5.74) is 2.35. The molecule has 3 aromatic heterocycles. The van der Waals surface area contributed by atoms with Crippen molar-refractivity contribution in [2.24, 2.45) is 0 Å². The lowest BCUT2D eigenvalue weighted by Gasteiger charge is -2.24. The second-order valence-electron chi connectivity index (χ2n) is 8.96. The van der Waals surface area contributed by atoms with Gasteiger partial charge in [0.25, 0.3) is 5.56 Å². The molecule has 5 aromatic rings. The highest BCUT2D eigenvalue weighted by atomic mass is 35.5. The van der Waals surface area contributed by atoms with E-state index in [1.165, 1.54) is 38.3 Å². The predicted molar refractivity (Wildman–Crippen MR) is 139 cm³/mol. The van der Waals surface area contributed by atoms with Crippen LogP contribution in [0.25, 0.3) is 39.5 Å². The van der Waals surface area contributed by atoms with Crippen LogP contribution in [0.15, 0.2) is 84.0 Å². The predicted octanol–water partition coefficient (Wildman–Crippen LogP) is 6.47. The number of halogens is 1. The molecule has 0 radical (unpaired) electrons. The number of para-hydroxylation sites is 1. The number of hydrogen-bond acceptors (Lipinski definition) is 4. The zero-order valence-corrected chi connectivity index (χ0v) is 19.9. The maximum Gasteiger partial charge on any atom is 0.267 e. The molecule has 0 atom stereocenters. The molecule has 7 heteroatoms. The highest BCUT2D eigenvalue weighted by molar-refractivity contribution is 6.30. The van der Waals surface area contributed by atoms with E-state index in [0.29, 0.717) is 33.6 Å². The maximum absolute atomic E-state index is 13.5. The van der Waals surface area contributed by atoms with Gasteiger partial charge in [-0.15, -0.1) is 0 Å². The molecular formula is C28H24ClN5O. The molecule has 0 N–H and O–H groups in total. The molecule has 6 rings (SSSR count). The zero-order valence-electron chi connectivity index (χ0n) is 19.1. The first-order chi connectivity index (χ1) is 17.2. The molecule has 0 unspecified atom stereocenters. The molecule has 3 heterocycles. The quantitative estimate of drug-likeness (QED) is 0.295. The summed E-state index contributed by atoms with van der Waals surface area (Å²) in [7, 11) is 0. The maximum atomic E-state index is 13.5. The average Bonchev–Trinajstić information content (AvgIpc) is 3.40. The van der Waals surface area contributed by atoms with Crippen molar-refractivity contribution in [2.75, 3.05) is 0 Å². The van der Waals surface area contributed by atoms with Gasteiger partial charge in [-0.25, -0.2) is 19.5 Å². The van der Waals surface area contributed by atoms with Gasteiger partial charge >= 0.3 is 0 Å². The Labute approximate surface area is 207 Å². The van der Waals surface area contributed by atoms with E-state index in [0.717, 1.165) is 17.0 Å². The number of aromatic nitrogens is 5. The van der Waals surface area contributed by atoms with Gasteiger partial charge in [-0.1, -0.05) is 67.3 Å². The second-order valence-corrected chi connectivity index (χ2v) is 9.39. The number of hydrogen-bond donors (Lipinski definition) is 0. The number of nitrogens with zero attached hydrogens (tertiary/aromatic N) is 5. The summed E-state index contributed by atoms with van der Waals surface area (Å²) in [5, 5.41) is 1.05. The highest BCUT2D eigenvalue weighted by Gasteiger charge is 2.19. The third kappa shape index (κ3) is 4.04. The van der Waals surface area contributed by atoms with Gasteiger partial charge in [0.2, 0.25) is 0 Å². The van der Waals surface area contributed by atoms with Crippen molar-refractivity contribution in [3.63, 3.8) is 0 Å². The van der Waals surface area contributed by atoms with Crippen LogP contribution in [0.2, 0.25) is 5.02 Å². The zero-order chi connectivity index (χ0) is 23.8. The van der Waals surface area contributed by atoms with Gasteiger partial charge in [0, 0.05) is 35.8 Å². The monoisotopic (exact) mass is 481 g/mol. The molecule has 0 spiro atoms. The SMILES string of the molecule is O=c1c2ccccc2nc(-c2ccc(-c3nccn3C3CCCCC3)cc2)n1-c1ccc(Cl)cn1. The molecule has 0 saturated heterocycles. The van der Waals surface area contributed by atoms with E-state index in [2.05, 4.69) is 32.9 Å². The number of fused-ring (bicyclic) bond motifs is 1. The van der Waals surface area contributed by atoms with E-state index in [9.17, 15) is 4.79 Å². The molecule has 0 aliphatic heterocycles. The van der Waals surface area contributed by atoms with Crippen LogP contribution in [0.3, 0.4) is 0 Å². The van der Waals surface area contributed by atoms with E-state index in [-0.39, 0.29) is 5.56 Å². The van der Waals surface area contributed by atoms with Crippen molar-refractivity contribution >= 4 is 22.5 Å². The standard InChI is InChI=1S/C28H24ClN5O/c29-21-14-15-25(31-18-21)34-27(32-24-9-5-4-8-23(24)28(34)35)20-12-10-19(11-13-20)26-30-16-17-33(26)22-6-2-1-3-7-22/h4-5,8-18,22H,1-3,6-7H2. The van der Waals surface area contributed by atoms with Crippen molar-refractivity contribution in [3.05, 3.63) is 94.6 Å². The summed E-state index contributed by atoms with van der Waals surface area (Å²) in [5.74, 6) is 1.99. The van der Waals surface area contributed by atoms with Gasteiger partial charge in [0.15, 0.2) is 0 Å². The Kier molecular flexibility index (Phi) is 5.66. The van der Waals surface area contributed by atoms with E-state index in [4.69, 9.17) is 16.6 Å². The Bertz CT molecular complexity index is 1550. The summed E-state index contributed by atoms with van der Waals surface area (Å²) in [6.45, 7) is 0. The summed E-state index contributed by atoms with van der Waals surface area (Å²) >= 11 is 6.05. The number of imidazole rings is 1. The third-order valence-electron chi connectivity index (χ3n) is 6.75. The van der Waals surface area contributed by atoms with Crippen LogP contribution in [-0.4, -0.2) is 24.1 Å². The molecule has 2 aromatic carbocycles. The minimum absolute atomic E-state index is 0.169. The summed E-state index contributed by atoms with van der Waals surface area (Å²) in [4.78, 5) is 27.4. The van der Waals surface area contributed by atoms with Crippen LogP contribution >= 0.6 is 11.6 Å². The fourth-order valence-electron chi connectivity index (χ4n) is 5.00. The minimum atomic E-state index is -0.169. The lowest BCUT2D eigenvalue weighted by atomic mass is 9.95. The van der Waals surface area contributed by atoms with Crippen molar-refractivity contribution in [3.8, 4) is 28.6 Å². The van der Waals surface area contributed by atoms with Gasteiger partial charge < -0.3 is 4.57 Å². The van der Waals surface area contributed by atoms with Gasteiger partial charge in [-0.2, -0.15) is 0 Å². The van der Waals surface area contributed by atoms with Crippen molar-refractivity contribution in [1.82, 2.24) is 24.1 Å². The fourth-order valence-corrected chi connectivity index (χ4v) is 5.11. The van der Waals surface area contributed by atoms with E-state index in [1.807, 2.05) is 36.5 Å². The fraction of sp³-hybridized carbons (Fsp3) is 0.214. The smallest absolute Gasteiger partial charge is 0.267 e. The summed E-state index contributed by atoms with van der Waals surface area (Å²) in [6.07, 6.45) is 11.8. The van der Waals surface area contributed by atoms with Crippen molar-refractivity contribution in [2.45, 2.75) is 38.1 Å². The van der Waals surface area contributed by atoms with Crippen LogP contribution in [-0.2, 0) is 0 Å². The second kappa shape index (κ2) is 9.12. The molecule has 1 aliphatic rings. The third-order valence-corrected chi connectivity index (χ3v) is 6.98. The lowest BCUT2D eigenvalue weighted by Crippen LogP contribution is -2.22. The van der Waals surface area contributed by atoms with Gasteiger partial charge in [0.1, 0.15) is 17.5 Å². The first-order valence-electron chi connectivity index (χ1n) is 12.0. The van der Waals surface area contributed by atoms with Gasteiger partial charge in [-0.3, -0.25) is 4.79 Å². The summed E-state index contributed by atoms with van der Waals surface area (Å²) < 4.78 is 3.87. The largest absolute Gasteiger partial charge is 0.328 e. The Morgan fingerprint density at radius 2 is 1.57 bits per heavy atom. The van der Waals surface area contributed by atoms with Crippen molar-refractivity contribution in [1.29, 1.82) is 0 Å². The Morgan fingerprint density at radius 3 is 2.31 bits per heavy atom. The molecule has 1 aliphatic carbocycles. The first-order valence-corrected chi connectivity index (χ1v) is 12.3. The lowest BCUT2D eigenvalue weighted by molar-refractivity contribution is 0.355. The number of pyridine rings is 1. The van der Waals surface area contributed by atoms with E-state index >= 15 is 0 Å². The Morgan fingerprint density at radius 1 is 0.829 bits per heavy atom. The molecule has 174 valence electrons.